The second-order valence-corrected chi connectivity index (χ2v) is 6.81. The number of anilines is 1. The summed E-state index contributed by atoms with van der Waals surface area (Å²) in [5.41, 5.74) is 3.10. The molecular formula is C17H28N2O2. The molecule has 21 heavy (non-hydrogen) atoms. The number of aliphatic hydroxyl groups excluding tert-OH is 1. The van der Waals surface area contributed by atoms with Crippen molar-refractivity contribution in [3.63, 3.8) is 0 Å². The summed E-state index contributed by atoms with van der Waals surface area (Å²) in [6, 6.07) is 5.87. The molecule has 1 rings (SSSR count). The van der Waals surface area contributed by atoms with Gasteiger partial charge in [-0.3, -0.25) is 0 Å². The lowest BCUT2D eigenvalue weighted by molar-refractivity contribution is 0.176. The molecule has 118 valence electrons. The Bertz CT molecular complexity index is 478. The third-order valence-corrected chi connectivity index (χ3v) is 3.16. The number of carbonyl (C=O) groups is 1. The molecule has 1 aromatic carbocycles. The minimum Gasteiger partial charge on any atom is -0.396 e. The maximum absolute atomic E-state index is 12.5. The van der Waals surface area contributed by atoms with E-state index in [1.165, 1.54) is 5.56 Å². The van der Waals surface area contributed by atoms with Crippen molar-refractivity contribution in [1.82, 2.24) is 4.90 Å². The Kier molecular flexibility index (Phi) is 6.21. The van der Waals surface area contributed by atoms with Crippen molar-refractivity contribution in [1.29, 1.82) is 0 Å². The summed E-state index contributed by atoms with van der Waals surface area (Å²) >= 11 is 0. The summed E-state index contributed by atoms with van der Waals surface area (Å²) in [7, 11) is 0. The lowest BCUT2D eigenvalue weighted by atomic mass is 9.96. The molecular weight excluding hydrogens is 264 g/mol. The van der Waals surface area contributed by atoms with Gasteiger partial charge in [0.15, 0.2) is 0 Å². The van der Waals surface area contributed by atoms with Crippen LogP contribution >= 0.6 is 0 Å². The van der Waals surface area contributed by atoms with Crippen molar-refractivity contribution in [3.8, 4) is 0 Å². The molecule has 0 aliphatic rings. The van der Waals surface area contributed by atoms with Gasteiger partial charge in [0, 0.05) is 25.4 Å². The van der Waals surface area contributed by atoms with Crippen LogP contribution in [-0.2, 0) is 0 Å². The highest BCUT2D eigenvalue weighted by Crippen LogP contribution is 2.19. The summed E-state index contributed by atoms with van der Waals surface area (Å²) in [5.74, 6) is 0. The van der Waals surface area contributed by atoms with Gasteiger partial charge in [-0.15, -0.1) is 0 Å². The number of hydrogen-bond acceptors (Lipinski definition) is 2. The normalized spacial score (nSPS) is 11.3. The van der Waals surface area contributed by atoms with Gasteiger partial charge in [0.25, 0.3) is 0 Å². The number of urea groups is 1. The predicted molar refractivity (Wildman–Crippen MR) is 87.7 cm³/mol. The summed E-state index contributed by atoms with van der Waals surface area (Å²) in [5, 5.41) is 12.0. The van der Waals surface area contributed by atoms with Crippen LogP contribution < -0.4 is 5.32 Å². The monoisotopic (exact) mass is 292 g/mol. The first-order valence-electron chi connectivity index (χ1n) is 7.47. The second kappa shape index (κ2) is 7.46. The standard InChI is InChI=1S/C17H28N2O2/c1-13-7-8-15(14(2)11-13)18-16(21)19(9-6-10-20)12-17(3,4)5/h7-8,11,20H,6,9-10,12H2,1-5H3,(H,18,21). The first-order valence-corrected chi connectivity index (χ1v) is 7.47. The van der Waals surface area contributed by atoms with Gasteiger partial charge < -0.3 is 15.3 Å². The van der Waals surface area contributed by atoms with E-state index in [4.69, 9.17) is 5.11 Å². The van der Waals surface area contributed by atoms with Crippen molar-refractivity contribution < 1.29 is 9.90 Å². The van der Waals surface area contributed by atoms with Crippen LogP contribution in [0.15, 0.2) is 18.2 Å². The predicted octanol–water partition coefficient (Wildman–Crippen LogP) is 3.57. The zero-order valence-electron chi connectivity index (χ0n) is 13.9. The van der Waals surface area contributed by atoms with E-state index in [2.05, 4.69) is 32.2 Å². The molecule has 4 nitrogen and oxygen atoms in total. The van der Waals surface area contributed by atoms with Crippen LogP contribution in [0, 0.1) is 19.3 Å². The Morgan fingerprint density at radius 2 is 1.95 bits per heavy atom. The van der Waals surface area contributed by atoms with Crippen molar-refractivity contribution in [2.45, 2.75) is 41.0 Å². The summed E-state index contributed by atoms with van der Waals surface area (Å²) in [4.78, 5) is 14.2. The molecule has 0 saturated heterocycles. The molecule has 0 bridgehead atoms. The smallest absolute Gasteiger partial charge is 0.321 e. The lowest BCUT2D eigenvalue weighted by Gasteiger charge is -2.30. The Balaban J connectivity index is 2.79. The fraction of sp³-hybridized carbons (Fsp3) is 0.588. The fourth-order valence-electron chi connectivity index (χ4n) is 2.23. The van der Waals surface area contributed by atoms with Crippen molar-refractivity contribution in [3.05, 3.63) is 29.3 Å². The van der Waals surface area contributed by atoms with Crippen molar-refractivity contribution in [2.75, 3.05) is 25.0 Å². The number of hydrogen-bond donors (Lipinski definition) is 2. The van der Waals surface area contributed by atoms with Crippen LogP contribution in [0.5, 0.6) is 0 Å². The van der Waals surface area contributed by atoms with E-state index in [0.29, 0.717) is 19.5 Å². The molecule has 0 aliphatic heterocycles. The molecule has 2 N–H and O–H groups in total. The Morgan fingerprint density at radius 1 is 1.29 bits per heavy atom. The first-order chi connectivity index (χ1) is 9.73. The van der Waals surface area contributed by atoms with Crippen LogP contribution in [0.1, 0.15) is 38.3 Å². The molecule has 2 amide bonds. The molecule has 0 aromatic heterocycles. The van der Waals surface area contributed by atoms with Crippen LogP contribution in [0.25, 0.3) is 0 Å². The first kappa shape index (κ1) is 17.5. The summed E-state index contributed by atoms with van der Waals surface area (Å²) < 4.78 is 0. The molecule has 0 aliphatic carbocycles. The number of amides is 2. The molecule has 0 saturated carbocycles. The van der Waals surface area contributed by atoms with E-state index < -0.39 is 0 Å². The van der Waals surface area contributed by atoms with E-state index in [1.54, 1.807) is 4.90 Å². The average molecular weight is 292 g/mol. The number of benzene rings is 1. The lowest BCUT2D eigenvalue weighted by Crippen LogP contribution is -2.41. The number of nitrogens with zero attached hydrogens (tertiary/aromatic N) is 1. The van der Waals surface area contributed by atoms with Gasteiger partial charge in [-0.05, 0) is 37.3 Å². The minimum atomic E-state index is -0.106. The quantitative estimate of drug-likeness (QED) is 0.871. The van der Waals surface area contributed by atoms with Gasteiger partial charge in [0.1, 0.15) is 0 Å². The SMILES string of the molecule is Cc1ccc(NC(=O)N(CCCO)CC(C)(C)C)c(C)c1. The highest BCUT2D eigenvalue weighted by molar-refractivity contribution is 5.90. The number of nitrogens with one attached hydrogen (secondary N) is 1. The van der Waals surface area contributed by atoms with Gasteiger partial charge in [0.05, 0.1) is 0 Å². The number of aryl methyl sites for hydroxylation is 2. The third-order valence-electron chi connectivity index (χ3n) is 3.16. The average Bonchev–Trinajstić information content (AvgIpc) is 2.36. The summed E-state index contributed by atoms with van der Waals surface area (Å²) in [6.45, 7) is 11.6. The molecule has 0 heterocycles. The molecule has 1 aromatic rings. The highest BCUT2D eigenvalue weighted by atomic mass is 16.3. The number of carbonyl (C=O) groups excluding carboxylic acids is 1. The largest absolute Gasteiger partial charge is 0.396 e. The molecule has 0 atom stereocenters. The van der Waals surface area contributed by atoms with Crippen molar-refractivity contribution >= 4 is 11.7 Å². The van der Waals surface area contributed by atoms with Crippen LogP contribution in [-0.4, -0.2) is 35.7 Å². The van der Waals surface area contributed by atoms with E-state index >= 15 is 0 Å². The second-order valence-electron chi connectivity index (χ2n) is 6.81. The zero-order chi connectivity index (χ0) is 16.0. The van der Waals surface area contributed by atoms with Crippen LogP contribution in [0.4, 0.5) is 10.5 Å². The molecule has 0 radical (unpaired) electrons. The maximum Gasteiger partial charge on any atom is 0.321 e. The van der Waals surface area contributed by atoms with Gasteiger partial charge in [-0.25, -0.2) is 4.79 Å². The zero-order valence-corrected chi connectivity index (χ0v) is 13.9. The van der Waals surface area contributed by atoms with E-state index in [9.17, 15) is 4.79 Å². The minimum absolute atomic E-state index is 0.0229. The van der Waals surface area contributed by atoms with E-state index in [1.807, 2.05) is 26.0 Å². The molecule has 4 heteroatoms. The molecule has 0 spiro atoms. The molecule has 0 unspecified atom stereocenters. The van der Waals surface area contributed by atoms with Gasteiger partial charge >= 0.3 is 6.03 Å². The fourth-order valence-corrected chi connectivity index (χ4v) is 2.23. The Labute approximate surface area is 128 Å². The topological polar surface area (TPSA) is 52.6 Å². The van der Waals surface area contributed by atoms with Gasteiger partial charge in [-0.2, -0.15) is 0 Å². The third kappa shape index (κ3) is 6.17. The van der Waals surface area contributed by atoms with Crippen LogP contribution in [0.2, 0.25) is 0 Å². The van der Waals surface area contributed by atoms with Gasteiger partial charge in [0.2, 0.25) is 0 Å². The highest BCUT2D eigenvalue weighted by Gasteiger charge is 2.21. The number of aliphatic hydroxyl groups is 1. The molecule has 0 fully saturated rings. The van der Waals surface area contributed by atoms with E-state index in [-0.39, 0.29) is 18.1 Å². The Hall–Kier alpha value is -1.55. The van der Waals surface area contributed by atoms with Gasteiger partial charge in [-0.1, -0.05) is 38.5 Å². The summed E-state index contributed by atoms with van der Waals surface area (Å²) in [6.07, 6.45) is 0.594. The number of rotatable bonds is 5. The maximum atomic E-state index is 12.5. The van der Waals surface area contributed by atoms with Crippen molar-refractivity contribution in [2.24, 2.45) is 5.41 Å². The Morgan fingerprint density at radius 3 is 2.48 bits per heavy atom. The van der Waals surface area contributed by atoms with E-state index in [0.717, 1.165) is 11.3 Å². The van der Waals surface area contributed by atoms with Crippen LogP contribution in [0.3, 0.4) is 0 Å².